The van der Waals surface area contributed by atoms with Crippen LogP contribution in [0.4, 0.5) is 5.69 Å². The number of nitro groups is 1. The van der Waals surface area contributed by atoms with Gasteiger partial charge in [-0.25, -0.2) is 13.1 Å². The second-order valence-electron chi connectivity index (χ2n) is 5.22. The SMILES string of the molecule is CN(C)C(CNS(=O)(=O)c1cc([N+](=O)[O-])ccc1Cl)c1ccco1. The van der Waals surface area contributed by atoms with Crippen LogP contribution in [0.15, 0.2) is 45.9 Å². The summed E-state index contributed by atoms with van der Waals surface area (Å²) >= 11 is 5.89. The van der Waals surface area contributed by atoms with Crippen LogP contribution in [0.25, 0.3) is 0 Å². The molecule has 0 aliphatic heterocycles. The van der Waals surface area contributed by atoms with Crippen LogP contribution in [0.2, 0.25) is 5.02 Å². The zero-order chi connectivity index (χ0) is 17.9. The molecule has 0 aliphatic carbocycles. The maximum atomic E-state index is 12.5. The summed E-state index contributed by atoms with van der Waals surface area (Å²) in [5.41, 5.74) is -0.352. The van der Waals surface area contributed by atoms with Crippen molar-refractivity contribution < 1.29 is 17.8 Å². The van der Waals surface area contributed by atoms with Crippen LogP contribution in [0.3, 0.4) is 0 Å². The molecule has 1 aromatic carbocycles. The molecule has 1 aromatic heterocycles. The highest BCUT2D eigenvalue weighted by Gasteiger charge is 2.24. The van der Waals surface area contributed by atoms with E-state index in [-0.39, 0.29) is 28.2 Å². The van der Waals surface area contributed by atoms with Gasteiger partial charge in [-0.3, -0.25) is 15.0 Å². The van der Waals surface area contributed by atoms with Crippen LogP contribution >= 0.6 is 11.6 Å². The van der Waals surface area contributed by atoms with E-state index < -0.39 is 14.9 Å². The molecule has 0 saturated heterocycles. The molecular weight excluding hydrogens is 358 g/mol. The van der Waals surface area contributed by atoms with Gasteiger partial charge in [0.25, 0.3) is 5.69 Å². The van der Waals surface area contributed by atoms with Crippen molar-refractivity contribution in [1.29, 1.82) is 0 Å². The zero-order valence-corrected chi connectivity index (χ0v) is 14.5. The normalized spacial score (nSPS) is 13.2. The molecule has 1 heterocycles. The van der Waals surface area contributed by atoms with Crippen LogP contribution < -0.4 is 4.72 Å². The highest BCUT2D eigenvalue weighted by atomic mass is 35.5. The van der Waals surface area contributed by atoms with E-state index in [1.807, 2.05) is 0 Å². The summed E-state index contributed by atoms with van der Waals surface area (Å²) in [6.45, 7) is 0.0157. The van der Waals surface area contributed by atoms with Crippen molar-refractivity contribution in [3.63, 3.8) is 0 Å². The number of halogens is 1. The summed E-state index contributed by atoms with van der Waals surface area (Å²) in [5, 5.41) is 10.7. The number of hydrogen-bond donors (Lipinski definition) is 1. The van der Waals surface area contributed by atoms with Gasteiger partial charge < -0.3 is 4.42 Å². The minimum Gasteiger partial charge on any atom is -0.468 e. The molecule has 8 nitrogen and oxygen atoms in total. The van der Waals surface area contributed by atoms with Crippen LogP contribution in [0, 0.1) is 10.1 Å². The van der Waals surface area contributed by atoms with Gasteiger partial charge >= 0.3 is 0 Å². The first-order valence-electron chi connectivity index (χ1n) is 6.86. The highest BCUT2D eigenvalue weighted by Crippen LogP contribution is 2.26. The summed E-state index contributed by atoms with van der Waals surface area (Å²) in [6, 6.07) is 6.36. The van der Waals surface area contributed by atoms with Gasteiger partial charge in [-0.15, -0.1) is 0 Å². The second kappa shape index (κ2) is 7.31. The Morgan fingerprint density at radius 1 is 1.38 bits per heavy atom. The third kappa shape index (κ3) is 4.12. The molecule has 10 heteroatoms. The lowest BCUT2D eigenvalue weighted by atomic mass is 10.2. The standard InChI is InChI=1S/C14H16ClN3O5S/c1-17(2)12(13-4-3-7-23-13)9-16-24(21,22)14-8-10(18(19)20)5-6-11(14)15/h3-8,12,16H,9H2,1-2H3. The Balaban J connectivity index is 2.25. The molecule has 1 unspecified atom stereocenters. The van der Waals surface area contributed by atoms with Crippen molar-refractivity contribution in [1.82, 2.24) is 9.62 Å². The quantitative estimate of drug-likeness (QED) is 0.590. The average molecular weight is 374 g/mol. The Morgan fingerprint density at radius 2 is 2.08 bits per heavy atom. The van der Waals surface area contributed by atoms with E-state index in [0.717, 1.165) is 12.1 Å². The minimum atomic E-state index is -4.02. The van der Waals surface area contributed by atoms with Crippen LogP contribution in [-0.2, 0) is 10.0 Å². The van der Waals surface area contributed by atoms with Crippen molar-refractivity contribution in [2.24, 2.45) is 0 Å². The maximum Gasteiger partial charge on any atom is 0.270 e. The van der Waals surface area contributed by atoms with Crippen molar-refractivity contribution in [3.8, 4) is 0 Å². The second-order valence-corrected chi connectivity index (χ2v) is 7.36. The van der Waals surface area contributed by atoms with E-state index in [1.54, 1.807) is 31.1 Å². The first kappa shape index (κ1) is 18.4. The number of non-ortho nitro benzene ring substituents is 1. The van der Waals surface area contributed by atoms with Gasteiger partial charge in [0.2, 0.25) is 10.0 Å². The number of nitrogens with one attached hydrogen (secondary N) is 1. The molecule has 0 bridgehead atoms. The molecule has 24 heavy (non-hydrogen) atoms. The van der Waals surface area contributed by atoms with Crippen molar-refractivity contribution >= 4 is 27.3 Å². The number of furan rings is 1. The number of benzene rings is 1. The van der Waals surface area contributed by atoms with E-state index >= 15 is 0 Å². The summed E-state index contributed by atoms with van der Waals surface area (Å²) in [5.74, 6) is 0.591. The molecule has 0 saturated carbocycles. The fourth-order valence-corrected chi connectivity index (χ4v) is 3.65. The van der Waals surface area contributed by atoms with Crippen LogP contribution in [-0.4, -0.2) is 38.9 Å². The predicted molar refractivity (Wildman–Crippen MR) is 88.4 cm³/mol. The molecule has 0 spiro atoms. The third-order valence-corrected chi connectivity index (χ3v) is 5.28. The Morgan fingerprint density at radius 3 is 2.62 bits per heavy atom. The van der Waals surface area contributed by atoms with Gasteiger partial charge in [-0.2, -0.15) is 0 Å². The summed E-state index contributed by atoms with van der Waals surface area (Å²) < 4.78 is 32.6. The third-order valence-electron chi connectivity index (χ3n) is 3.38. The van der Waals surface area contributed by atoms with Gasteiger partial charge in [0.05, 0.1) is 22.3 Å². The fraction of sp³-hybridized carbons (Fsp3) is 0.286. The largest absolute Gasteiger partial charge is 0.468 e. The molecule has 130 valence electrons. The van der Waals surface area contributed by atoms with Crippen LogP contribution in [0.5, 0.6) is 0 Å². The molecule has 1 atom stereocenters. The van der Waals surface area contributed by atoms with Gasteiger partial charge in [0, 0.05) is 18.7 Å². The Hall–Kier alpha value is -1.94. The monoisotopic (exact) mass is 373 g/mol. The average Bonchev–Trinajstić information content (AvgIpc) is 3.01. The minimum absolute atomic E-state index is 0.0157. The van der Waals surface area contributed by atoms with E-state index in [4.69, 9.17) is 16.0 Å². The molecule has 2 rings (SSSR count). The van der Waals surface area contributed by atoms with E-state index in [1.165, 1.54) is 12.3 Å². The number of nitro benzene ring substituents is 1. The number of rotatable bonds is 7. The lowest BCUT2D eigenvalue weighted by Gasteiger charge is -2.22. The number of likely N-dealkylation sites (N-methyl/N-ethyl adjacent to an activating group) is 1. The first-order chi connectivity index (χ1) is 11.2. The topological polar surface area (TPSA) is 106 Å². The summed E-state index contributed by atoms with van der Waals surface area (Å²) in [4.78, 5) is 11.6. The summed E-state index contributed by atoms with van der Waals surface area (Å²) in [7, 11) is -0.462. The van der Waals surface area contributed by atoms with Gasteiger partial charge in [-0.05, 0) is 32.3 Å². The Kier molecular flexibility index (Phi) is 5.60. The number of nitrogens with zero attached hydrogens (tertiary/aromatic N) is 2. The molecule has 0 radical (unpaired) electrons. The molecule has 2 aromatic rings. The molecule has 1 N–H and O–H groups in total. The predicted octanol–water partition coefficient (Wildman–Crippen LogP) is 2.42. The van der Waals surface area contributed by atoms with Gasteiger partial charge in [0.1, 0.15) is 10.7 Å². The molecular formula is C14H16ClN3O5S. The van der Waals surface area contributed by atoms with E-state index in [2.05, 4.69) is 4.72 Å². The van der Waals surface area contributed by atoms with Gasteiger partial charge in [-0.1, -0.05) is 11.6 Å². The first-order valence-corrected chi connectivity index (χ1v) is 8.72. The Labute approximate surface area is 144 Å². The molecule has 0 aliphatic rings. The fourth-order valence-electron chi connectivity index (χ4n) is 2.10. The van der Waals surface area contributed by atoms with Crippen molar-refractivity contribution in [2.75, 3.05) is 20.6 Å². The Bertz CT molecular complexity index is 821. The molecule has 0 fully saturated rings. The summed E-state index contributed by atoms with van der Waals surface area (Å²) in [6.07, 6.45) is 1.50. The number of hydrogen-bond acceptors (Lipinski definition) is 6. The molecule has 0 amide bonds. The maximum absolute atomic E-state index is 12.5. The van der Waals surface area contributed by atoms with Gasteiger partial charge in [0.15, 0.2) is 0 Å². The van der Waals surface area contributed by atoms with E-state index in [0.29, 0.717) is 5.76 Å². The van der Waals surface area contributed by atoms with Crippen molar-refractivity contribution in [2.45, 2.75) is 10.9 Å². The smallest absolute Gasteiger partial charge is 0.270 e. The van der Waals surface area contributed by atoms with Crippen molar-refractivity contribution in [3.05, 3.63) is 57.5 Å². The zero-order valence-electron chi connectivity index (χ0n) is 13.0. The number of sulfonamides is 1. The van der Waals surface area contributed by atoms with Crippen LogP contribution in [0.1, 0.15) is 11.8 Å². The highest BCUT2D eigenvalue weighted by molar-refractivity contribution is 7.89. The van der Waals surface area contributed by atoms with E-state index in [9.17, 15) is 18.5 Å². The lowest BCUT2D eigenvalue weighted by molar-refractivity contribution is -0.385. The lowest BCUT2D eigenvalue weighted by Crippen LogP contribution is -2.34.